The van der Waals surface area contributed by atoms with E-state index in [1.54, 1.807) is 6.21 Å². The highest BCUT2D eigenvalue weighted by atomic mass is 15.5. The maximum atomic E-state index is 4.80. The van der Waals surface area contributed by atoms with Crippen molar-refractivity contribution in [3.05, 3.63) is 71.8 Å². The minimum absolute atomic E-state index is 0.0131. The van der Waals surface area contributed by atoms with Gasteiger partial charge in [-0.25, -0.2) is 0 Å². The predicted molar refractivity (Wildman–Crippen MR) is 128 cm³/mol. The monoisotopic (exact) mass is 414 g/mol. The molecular weight excluding hydrogens is 384 g/mol. The summed E-state index contributed by atoms with van der Waals surface area (Å²) < 4.78 is 0. The maximum Gasteiger partial charge on any atom is 0.0802 e. The standard InChI is InChI=1S/C25H30N6/c1-28(2)23-12-10-21(11-13-23)7-6-14-26-27-24(22-8-4-3-5-9-22)25-15-29-18-30(16-25)20-31(17-25)19-29/h3-14H,15-20H2,1-2H3/b7-6+,26-14+,27-24-. The van der Waals surface area contributed by atoms with Crippen LogP contribution in [0.5, 0.6) is 0 Å². The number of benzene rings is 2. The zero-order chi connectivity index (χ0) is 21.3. The fraction of sp³-hybridized carbons (Fsp3) is 0.360. The van der Waals surface area contributed by atoms with Crippen molar-refractivity contribution in [2.24, 2.45) is 15.6 Å². The molecule has 6 nitrogen and oxygen atoms in total. The molecule has 0 atom stereocenters. The SMILES string of the molecule is CN(C)c1ccc(/C=C/C=N/N=C(/c2ccccc2)C23CN4CN(CN(C4)C2)C3)cc1. The third-order valence-corrected chi connectivity index (χ3v) is 6.34. The lowest BCUT2D eigenvalue weighted by atomic mass is 9.74. The molecule has 6 heteroatoms. The number of hydrogen-bond acceptors (Lipinski definition) is 6. The zero-order valence-corrected chi connectivity index (χ0v) is 18.4. The Morgan fingerprint density at radius 1 is 0.871 bits per heavy atom. The largest absolute Gasteiger partial charge is 0.378 e. The van der Waals surface area contributed by atoms with Crippen LogP contribution in [0, 0.1) is 5.41 Å². The Labute approximate surface area is 184 Å². The summed E-state index contributed by atoms with van der Waals surface area (Å²) in [5.74, 6) is 0. The highest BCUT2D eigenvalue weighted by Gasteiger charge is 2.51. The van der Waals surface area contributed by atoms with Crippen LogP contribution < -0.4 is 4.90 Å². The molecule has 160 valence electrons. The van der Waals surface area contributed by atoms with Gasteiger partial charge in [0.2, 0.25) is 0 Å². The van der Waals surface area contributed by atoms with Gasteiger partial charge < -0.3 is 4.90 Å². The second-order valence-electron chi connectivity index (χ2n) is 9.12. The molecular formula is C25H30N6. The number of anilines is 1. The van der Waals surface area contributed by atoms with Crippen LogP contribution >= 0.6 is 0 Å². The van der Waals surface area contributed by atoms with Gasteiger partial charge in [0.1, 0.15) is 0 Å². The van der Waals surface area contributed by atoms with Gasteiger partial charge in [0, 0.05) is 45.6 Å². The van der Waals surface area contributed by atoms with Gasteiger partial charge in [0.25, 0.3) is 0 Å². The lowest BCUT2D eigenvalue weighted by molar-refractivity contribution is -0.149. The molecule has 0 aliphatic carbocycles. The van der Waals surface area contributed by atoms with E-state index in [0.29, 0.717) is 0 Å². The number of nitrogens with zero attached hydrogens (tertiary/aromatic N) is 6. The molecule has 0 unspecified atom stereocenters. The number of allylic oxidation sites excluding steroid dienone is 1. The first-order valence-corrected chi connectivity index (χ1v) is 10.9. The minimum atomic E-state index is 0.0131. The average Bonchev–Trinajstić information content (AvgIpc) is 2.76. The van der Waals surface area contributed by atoms with Crippen LogP contribution in [0.15, 0.2) is 70.9 Å². The zero-order valence-electron chi connectivity index (χ0n) is 18.4. The van der Waals surface area contributed by atoms with E-state index < -0.39 is 0 Å². The van der Waals surface area contributed by atoms with Crippen molar-refractivity contribution in [2.75, 3.05) is 58.6 Å². The van der Waals surface area contributed by atoms with Gasteiger partial charge in [0.05, 0.1) is 31.1 Å². The highest BCUT2D eigenvalue weighted by Crippen LogP contribution is 2.38. The summed E-state index contributed by atoms with van der Waals surface area (Å²) in [5.41, 5.74) is 4.64. The fourth-order valence-electron chi connectivity index (χ4n) is 5.17. The van der Waals surface area contributed by atoms with Crippen LogP contribution in [0.4, 0.5) is 5.69 Å². The molecule has 4 saturated heterocycles. The average molecular weight is 415 g/mol. The molecule has 4 heterocycles. The lowest BCUT2D eigenvalue weighted by Gasteiger charge is -2.60. The molecule has 4 fully saturated rings. The summed E-state index contributed by atoms with van der Waals surface area (Å²) >= 11 is 0. The molecule has 0 spiro atoms. The summed E-state index contributed by atoms with van der Waals surface area (Å²) in [7, 11) is 4.10. The number of hydrogen-bond donors (Lipinski definition) is 0. The lowest BCUT2D eigenvalue weighted by Crippen LogP contribution is -2.74. The predicted octanol–water partition coefficient (Wildman–Crippen LogP) is 3.05. The third kappa shape index (κ3) is 4.19. The highest BCUT2D eigenvalue weighted by molar-refractivity contribution is 6.05. The van der Waals surface area contributed by atoms with E-state index in [1.807, 2.05) is 6.08 Å². The Bertz CT molecular complexity index is 955. The van der Waals surface area contributed by atoms with E-state index in [0.717, 1.165) is 50.9 Å². The second kappa shape index (κ2) is 8.38. The summed E-state index contributed by atoms with van der Waals surface area (Å²) in [4.78, 5) is 9.67. The molecule has 0 amide bonds. The van der Waals surface area contributed by atoms with Gasteiger partial charge in [-0.1, -0.05) is 48.5 Å². The quantitative estimate of drug-likeness (QED) is 0.538. The second-order valence-corrected chi connectivity index (χ2v) is 9.12. The van der Waals surface area contributed by atoms with Crippen molar-refractivity contribution in [2.45, 2.75) is 0 Å². The molecule has 0 aromatic heterocycles. The van der Waals surface area contributed by atoms with Crippen LogP contribution in [0.3, 0.4) is 0 Å². The smallest absolute Gasteiger partial charge is 0.0802 e. The van der Waals surface area contributed by atoms with Gasteiger partial charge in [-0.3, -0.25) is 14.7 Å². The van der Waals surface area contributed by atoms with E-state index >= 15 is 0 Å². The molecule has 2 aromatic carbocycles. The van der Waals surface area contributed by atoms with Crippen LogP contribution in [-0.2, 0) is 0 Å². The van der Waals surface area contributed by atoms with Gasteiger partial charge >= 0.3 is 0 Å². The Balaban J connectivity index is 1.37. The van der Waals surface area contributed by atoms with Crippen molar-refractivity contribution < 1.29 is 0 Å². The van der Waals surface area contributed by atoms with E-state index in [1.165, 1.54) is 11.3 Å². The van der Waals surface area contributed by atoms with E-state index in [4.69, 9.17) is 5.10 Å². The third-order valence-electron chi connectivity index (χ3n) is 6.34. The van der Waals surface area contributed by atoms with E-state index in [-0.39, 0.29) is 5.41 Å². The molecule has 2 aromatic rings. The minimum Gasteiger partial charge on any atom is -0.378 e. The molecule has 4 aliphatic heterocycles. The normalized spacial score (nSPS) is 29.9. The molecule has 0 saturated carbocycles. The molecule has 4 aliphatic rings. The Hall–Kier alpha value is -2.80. The number of rotatable bonds is 6. The topological polar surface area (TPSA) is 37.7 Å². The van der Waals surface area contributed by atoms with Crippen molar-refractivity contribution >= 4 is 23.7 Å². The summed E-state index contributed by atoms with van der Waals surface area (Å²) in [6.07, 6.45) is 5.83. The van der Waals surface area contributed by atoms with Crippen molar-refractivity contribution in [1.29, 1.82) is 0 Å². The van der Waals surface area contributed by atoms with Crippen molar-refractivity contribution in [1.82, 2.24) is 14.7 Å². The Kier molecular flexibility index (Phi) is 5.44. The fourth-order valence-corrected chi connectivity index (χ4v) is 5.17. The van der Waals surface area contributed by atoms with Gasteiger partial charge in [-0.05, 0) is 29.3 Å². The molecule has 31 heavy (non-hydrogen) atoms. The van der Waals surface area contributed by atoms with Crippen molar-refractivity contribution in [3.8, 4) is 0 Å². The first kappa shape index (κ1) is 20.1. The Morgan fingerprint density at radius 3 is 2.06 bits per heavy atom. The molecule has 0 N–H and O–H groups in total. The first-order chi connectivity index (χ1) is 15.1. The molecule has 0 radical (unpaired) electrons. The van der Waals surface area contributed by atoms with Gasteiger partial charge in [-0.15, -0.1) is 0 Å². The molecule has 6 rings (SSSR count). The summed E-state index contributed by atoms with van der Waals surface area (Å²) in [6.45, 7) is 6.36. The van der Waals surface area contributed by atoms with E-state index in [9.17, 15) is 0 Å². The molecule has 4 bridgehead atoms. The summed E-state index contributed by atoms with van der Waals surface area (Å²) in [6, 6.07) is 19.0. The maximum absolute atomic E-state index is 4.80. The van der Waals surface area contributed by atoms with Crippen LogP contribution in [0.25, 0.3) is 6.08 Å². The van der Waals surface area contributed by atoms with Crippen LogP contribution in [-0.4, -0.2) is 80.4 Å². The van der Waals surface area contributed by atoms with Crippen molar-refractivity contribution in [3.63, 3.8) is 0 Å². The van der Waals surface area contributed by atoms with Crippen LogP contribution in [0.2, 0.25) is 0 Å². The Morgan fingerprint density at radius 2 is 1.48 bits per heavy atom. The first-order valence-electron chi connectivity index (χ1n) is 10.9. The van der Waals surface area contributed by atoms with E-state index in [2.05, 4.69) is 99.5 Å². The van der Waals surface area contributed by atoms with Gasteiger partial charge in [-0.2, -0.15) is 10.2 Å². The summed E-state index contributed by atoms with van der Waals surface area (Å²) in [5, 5.41) is 9.28. The van der Waals surface area contributed by atoms with Gasteiger partial charge in [0.15, 0.2) is 0 Å². The van der Waals surface area contributed by atoms with Crippen LogP contribution in [0.1, 0.15) is 11.1 Å².